The second-order valence-corrected chi connectivity index (χ2v) is 9.45. The van der Waals surface area contributed by atoms with E-state index >= 15 is 0 Å². The second kappa shape index (κ2) is 8.05. The molecule has 2 amide bonds. The number of piperazine rings is 1. The van der Waals surface area contributed by atoms with Crippen LogP contribution in [0.25, 0.3) is 0 Å². The van der Waals surface area contributed by atoms with E-state index in [-0.39, 0.29) is 23.6 Å². The van der Waals surface area contributed by atoms with Crippen LogP contribution in [0.4, 0.5) is 10.5 Å². The van der Waals surface area contributed by atoms with Crippen molar-refractivity contribution in [1.29, 1.82) is 0 Å². The number of anilines is 1. The fraction of sp³-hybridized carbons (Fsp3) is 0.765. The summed E-state index contributed by atoms with van der Waals surface area (Å²) >= 11 is 0. The molecule has 3 rings (SSSR count). The van der Waals surface area contributed by atoms with E-state index in [4.69, 9.17) is 4.74 Å². The molecule has 2 saturated heterocycles. The van der Waals surface area contributed by atoms with Gasteiger partial charge in [-0.15, -0.1) is 0 Å². The average Bonchev–Trinajstić information content (AvgIpc) is 3.14. The van der Waals surface area contributed by atoms with E-state index in [9.17, 15) is 13.2 Å². The van der Waals surface area contributed by atoms with E-state index in [1.807, 2.05) is 23.4 Å². The molecule has 1 aromatic rings. The predicted molar refractivity (Wildman–Crippen MR) is 103 cm³/mol. The predicted octanol–water partition coefficient (Wildman–Crippen LogP) is 0.338. The molecule has 1 atom stereocenters. The molecule has 0 aromatic carbocycles. The lowest BCUT2D eigenvalue weighted by Crippen LogP contribution is -2.52. The quantitative estimate of drug-likeness (QED) is 0.717. The van der Waals surface area contributed by atoms with Gasteiger partial charge in [-0.05, 0) is 20.3 Å². The number of ether oxygens (including phenoxy) is 1. The third-order valence-electron chi connectivity index (χ3n) is 5.31. The lowest BCUT2D eigenvalue weighted by Gasteiger charge is -2.36. The summed E-state index contributed by atoms with van der Waals surface area (Å²) in [5, 5.41) is 7.49. The van der Waals surface area contributed by atoms with Crippen molar-refractivity contribution in [2.75, 3.05) is 62.8 Å². The molecule has 0 spiro atoms. The zero-order valence-electron chi connectivity index (χ0n) is 16.3. The first-order valence-corrected chi connectivity index (χ1v) is 11.2. The molecule has 27 heavy (non-hydrogen) atoms. The van der Waals surface area contributed by atoms with Crippen molar-refractivity contribution in [1.82, 2.24) is 20.0 Å². The van der Waals surface area contributed by atoms with Gasteiger partial charge >= 0.3 is 6.03 Å². The van der Waals surface area contributed by atoms with Crippen LogP contribution in [0.5, 0.6) is 0 Å². The first kappa shape index (κ1) is 19.9. The minimum Gasteiger partial charge on any atom is -0.383 e. The highest BCUT2D eigenvalue weighted by Gasteiger charge is 2.33. The number of carbonyl (C=O) groups excluding carboxylic acids is 1. The number of nitrogens with one attached hydrogen (secondary N) is 1. The van der Waals surface area contributed by atoms with E-state index in [1.165, 1.54) is 0 Å². The van der Waals surface area contributed by atoms with E-state index in [0.29, 0.717) is 32.7 Å². The standard InChI is InChI=1S/C17H29N5O4S/c1-13-16(14(2)22(19-13)15-4-11-27(24,25)12-15)20-6-8-21(9-7-20)17(23)18-5-10-26-3/h15H,4-12H2,1-3H3,(H,18,23). The Bertz CT molecular complexity index is 783. The van der Waals surface area contributed by atoms with Crippen LogP contribution in [-0.4, -0.2) is 87.1 Å². The molecule has 3 heterocycles. The number of aryl methyl sites for hydroxylation is 1. The number of hydrogen-bond donors (Lipinski definition) is 1. The molecule has 152 valence electrons. The number of carbonyl (C=O) groups is 1. The first-order chi connectivity index (χ1) is 12.8. The molecule has 1 aromatic heterocycles. The van der Waals surface area contributed by atoms with Crippen LogP contribution in [0.1, 0.15) is 23.9 Å². The molecule has 9 nitrogen and oxygen atoms in total. The highest BCUT2D eigenvalue weighted by atomic mass is 32.2. The summed E-state index contributed by atoms with van der Waals surface area (Å²) in [4.78, 5) is 16.2. The van der Waals surface area contributed by atoms with Gasteiger partial charge < -0.3 is 19.9 Å². The maximum atomic E-state index is 12.2. The number of amides is 2. The second-order valence-electron chi connectivity index (χ2n) is 7.22. The van der Waals surface area contributed by atoms with Gasteiger partial charge in [0.25, 0.3) is 0 Å². The van der Waals surface area contributed by atoms with Gasteiger partial charge in [-0.25, -0.2) is 13.2 Å². The summed E-state index contributed by atoms with van der Waals surface area (Å²) in [6.45, 7) is 7.71. The van der Waals surface area contributed by atoms with Crippen molar-refractivity contribution < 1.29 is 17.9 Å². The highest BCUT2D eigenvalue weighted by Crippen LogP contribution is 2.31. The van der Waals surface area contributed by atoms with Crippen LogP contribution in [0.2, 0.25) is 0 Å². The number of methoxy groups -OCH3 is 1. The Hall–Kier alpha value is -1.81. The Balaban J connectivity index is 1.64. The average molecular weight is 400 g/mol. The van der Waals surface area contributed by atoms with Crippen LogP contribution in [0.3, 0.4) is 0 Å². The Morgan fingerprint density at radius 3 is 2.56 bits per heavy atom. The third-order valence-corrected chi connectivity index (χ3v) is 7.06. The molecule has 2 aliphatic heterocycles. The van der Waals surface area contributed by atoms with Gasteiger partial charge in [-0.3, -0.25) is 4.68 Å². The van der Waals surface area contributed by atoms with E-state index in [1.54, 1.807) is 7.11 Å². The summed E-state index contributed by atoms with van der Waals surface area (Å²) in [5.41, 5.74) is 2.99. The summed E-state index contributed by atoms with van der Waals surface area (Å²) in [6.07, 6.45) is 0.624. The molecule has 2 aliphatic rings. The molecule has 0 saturated carbocycles. The lowest BCUT2D eigenvalue weighted by molar-refractivity contribution is 0.177. The van der Waals surface area contributed by atoms with E-state index in [2.05, 4.69) is 15.3 Å². The highest BCUT2D eigenvalue weighted by molar-refractivity contribution is 7.91. The topological polar surface area (TPSA) is 96.8 Å². The Morgan fingerprint density at radius 1 is 1.26 bits per heavy atom. The Kier molecular flexibility index (Phi) is 5.95. The fourth-order valence-electron chi connectivity index (χ4n) is 3.94. The van der Waals surface area contributed by atoms with Crippen molar-refractivity contribution in [3.8, 4) is 0 Å². The van der Waals surface area contributed by atoms with Gasteiger partial charge in [-0.1, -0.05) is 0 Å². The maximum absolute atomic E-state index is 12.2. The summed E-state index contributed by atoms with van der Waals surface area (Å²) in [5.74, 6) is 0.409. The fourth-order valence-corrected chi connectivity index (χ4v) is 5.63. The molecule has 0 aliphatic carbocycles. The van der Waals surface area contributed by atoms with Gasteiger partial charge in [0.05, 0.1) is 41.2 Å². The first-order valence-electron chi connectivity index (χ1n) is 9.35. The van der Waals surface area contributed by atoms with E-state index < -0.39 is 9.84 Å². The molecule has 0 radical (unpaired) electrons. The SMILES string of the molecule is COCCNC(=O)N1CCN(c2c(C)nn(C3CCS(=O)(=O)C3)c2C)CC1. The minimum atomic E-state index is -2.95. The van der Waals surface area contributed by atoms with Gasteiger partial charge in [-0.2, -0.15) is 5.10 Å². The van der Waals surface area contributed by atoms with Crippen molar-refractivity contribution in [3.63, 3.8) is 0 Å². The van der Waals surface area contributed by atoms with Crippen molar-refractivity contribution in [3.05, 3.63) is 11.4 Å². The molecule has 0 bridgehead atoms. The zero-order valence-corrected chi connectivity index (χ0v) is 17.1. The van der Waals surface area contributed by atoms with Crippen LogP contribution in [0.15, 0.2) is 0 Å². The maximum Gasteiger partial charge on any atom is 0.317 e. The number of nitrogens with zero attached hydrogens (tertiary/aromatic N) is 4. The van der Waals surface area contributed by atoms with Gasteiger partial charge in [0.1, 0.15) is 0 Å². The van der Waals surface area contributed by atoms with Crippen molar-refractivity contribution in [2.45, 2.75) is 26.3 Å². The largest absolute Gasteiger partial charge is 0.383 e. The number of sulfone groups is 1. The van der Waals surface area contributed by atoms with Crippen molar-refractivity contribution in [2.24, 2.45) is 0 Å². The van der Waals surface area contributed by atoms with Gasteiger partial charge in [0.15, 0.2) is 9.84 Å². The summed E-state index contributed by atoms with van der Waals surface area (Å²) < 4.78 is 30.5. The van der Waals surface area contributed by atoms with Crippen LogP contribution >= 0.6 is 0 Å². The molecule has 2 fully saturated rings. The van der Waals surface area contributed by atoms with Gasteiger partial charge in [0.2, 0.25) is 0 Å². The van der Waals surface area contributed by atoms with E-state index in [0.717, 1.165) is 30.2 Å². The third kappa shape index (κ3) is 4.37. The normalized spacial score (nSPS) is 22.3. The zero-order chi connectivity index (χ0) is 19.6. The summed E-state index contributed by atoms with van der Waals surface area (Å²) in [7, 11) is -1.34. The molecule has 1 N–H and O–H groups in total. The number of hydrogen-bond acceptors (Lipinski definition) is 6. The smallest absolute Gasteiger partial charge is 0.317 e. The number of rotatable bonds is 5. The molecular weight excluding hydrogens is 370 g/mol. The molecular formula is C17H29N5O4S. The Labute approximate surface area is 160 Å². The lowest BCUT2D eigenvalue weighted by atomic mass is 10.2. The van der Waals surface area contributed by atoms with Crippen LogP contribution < -0.4 is 10.2 Å². The number of aromatic nitrogens is 2. The monoisotopic (exact) mass is 399 g/mol. The van der Waals surface area contributed by atoms with Gasteiger partial charge in [0, 0.05) is 39.8 Å². The number of urea groups is 1. The molecule has 10 heteroatoms. The van der Waals surface area contributed by atoms with Crippen LogP contribution in [-0.2, 0) is 14.6 Å². The van der Waals surface area contributed by atoms with Crippen molar-refractivity contribution >= 4 is 21.6 Å². The van der Waals surface area contributed by atoms with Crippen LogP contribution in [0, 0.1) is 13.8 Å². The molecule has 1 unspecified atom stereocenters. The summed E-state index contributed by atoms with van der Waals surface area (Å²) in [6, 6.07) is -0.137. The minimum absolute atomic E-state index is 0.0630. The Morgan fingerprint density at radius 2 is 1.96 bits per heavy atom.